The zero-order chi connectivity index (χ0) is 15.7. The molecule has 1 aliphatic heterocycles. The summed E-state index contributed by atoms with van der Waals surface area (Å²) in [5, 5.41) is 0. The van der Waals surface area contributed by atoms with Crippen LogP contribution in [-0.4, -0.2) is 41.1 Å². The van der Waals surface area contributed by atoms with Crippen molar-refractivity contribution in [1.82, 2.24) is 14.9 Å². The highest BCUT2D eigenvalue weighted by Crippen LogP contribution is 2.27. The Labute approximate surface area is 138 Å². The third-order valence-corrected chi connectivity index (χ3v) is 4.50. The van der Waals surface area contributed by atoms with Crippen LogP contribution in [0.25, 0.3) is 0 Å². The Morgan fingerprint density at radius 1 is 0.957 bits per heavy atom. The van der Waals surface area contributed by atoms with Crippen molar-refractivity contribution in [3.05, 3.63) is 54.4 Å². The van der Waals surface area contributed by atoms with Crippen molar-refractivity contribution in [2.45, 2.75) is 31.6 Å². The van der Waals surface area contributed by atoms with Crippen LogP contribution in [0.1, 0.15) is 37.2 Å². The number of piperidine rings is 1. The van der Waals surface area contributed by atoms with E-state index in [1.54, 1.807) is 18.5 Å². The molecule has 0 spiro atoms. The van der Waals surface area contributed by atoms with Crippen LogP contribution in [0.3, 0.4) is 0 Å². The molecule has 23 heavy (non-hydrogen) atoms. The highest BCUT2D eigenvalue weighted by Gasteiger charge is 2.19. The number of unbranched alkanes of at least 4 members (excludes halogenated alkanes) is 1. The minimum Gasteiger partial charge on any atom is -0.463 e. The van der Waals surface area contributed by atoms with Gasteiger partial charge in [0.05, 0.1) is 6.61 Å². The molecular weight excluding hydrogens is 286 g/mol. The summed E-state index contributed by atoms with van der Waals surface area (Å²) in [6, 6.07) is 13.2. The van der Waals surface area contributed by atoms with Gasteiger partial charge in [0.25, 0.3) is 0 Å². The molecule has 122 valence electrons. The zero-order valence-electron chi connectivity index (χ0n) is 13.6. The van der Waals surface area contributed by atoms with Gasteiger partial charge in [-0.05, 0) is 62.9 Å². The van der Waals surface area contributed by atoms with Crippen LogP contribution in [0.2, 0.25) is 0 Å². The normalized spacial score (nSPS) is 16.3. The van der Waals surface area contributed by atoms with E-state index >= 15 is 0 Å². The highest BCUT2D eigenvalue weighted by atomic mass is 16.5. The molecule has 1 aromatic carbocycles. The van der Waals surface area contributed by atoms with Gasteiger partial charge in [0, 0.05) is 12.4 Å². The summed E-state index contributed by atoms with van der Waals surface area (Å²) in [5.41, 5.74) is 1.50. The predicted octanol–water partition coefficient (Wildman–Crippen LogP) is 3.52. The number of nitrogens with zero attached hydrogens (tertiary/aromatic N) is 3. The molecule has 0 atom stereocenters. The standard InChI is InChI=1S/C19H25N3O/c1-2-7-17(8-3-1)18-9-14-22(15-10-18)13-4-5-16-23-19-20-11-6-12-21-19/h1-3,6-8,11-12,18H,4-5,9-10,13-16H2. The molecule has 2 heterocycles. The summed E-state index contributed by atoms with van der Waals surface area (Å²) in [4.78, 5) is 10.7. The van der Waals surface area contributed by atoms with Crippen molar-refractivity contribution in [1.29, 1.82) is 0 Å². The van der Waals surface area contributed by atoms with E-state index in [-0.39, 0.29) is 0 Å². The lowest BCUT2D eigenvalue weighted by Crippen LogP contribution is -2.33. The van der Waals surface area contributed by atoms with E-state index in [1.165, 1.54) is 44.5 Å². The van der Waals surface area contributed by atoms with E-state index in [4.69, 9.17) is 4.74 Å². The van der Waals surface area contributed by atoms with Gasteiger partial charge >= 0.3 is 6.01 Å². The third kappa shape index (κ3) is 5.03. The first-order chi connectivity index (χ1) is 11.4. The largest absolute Gasteiger partial charge is 0.463 e. The van der Waals surface area contributed by atoms with Crippen molar-refractivity contribution in [2.75, 3.05) is 26.2 Å². The smallest absolute Gasteiger partial charge is 0.316 e. The number of benzene rings is 1. The zero-order valence-corrected chi connectivity index (χ0v) is 13.6. The molecule has 0 radical (unpaired) electrons. The third-order valence-electron chi connectivity index (χ3n) is 4.50. The molecule has 2 aromatic rings. The van der Waals surface area contributed by atoms with E-state index in [0.717, 1.165) is 12.3 Å². The van der Waals surface area contributed by atoms with Crippen LogP contribution in [0, 0.1) is 0 Å². The lowest BCUT2D eigenvalue weighted by atomic mass is 9.89. The first-order valence-corrected chi connectivity index (χ1v) is 8.59. The second-order valence-corrected chi connectivity index (χ2v) is 6.11. The topological polar surface area (TPSA) is 38.2 Å². The van der Waals surface area contributed by atoms with Gasteiger partial charge in [-0.15, -0.1) is 0 Å². The summed E-state index contributed by atoms with van der Waals surface area (Å²) >= 11 is 0. The Morgan fingerprint density at radius 3 is 2.43 bits per heavy atom. The van der Waals surface area contributed by atoms with Crippen LogP contribution in [0.5, 0.6) is 6.01 Å². The monoisotopic (exact) mass is 311 g/mol. The summed E-state index contributed by atoms with van der Waals surface area (Å²) in [5.74, 6) is 0.742. The maximum Gasteiger partial charge on any atom is 0.316 e. The van der Waals surface area contributed by atoms with Gasteiger partial charge in [-0.25, -0.2) is 9.97 Å². The predicted molar refractivity (Wildman–Crippen MR) is 91.6 cm³/mol. The Morgan fingerprint density at radius 2 is 1.70 bits per heavy atom. The summed E-state index contributed by atoms with van der Waals surface area (Å²) in [7, 11) is 0. The number of hydrogen-bond acceptors (Lipinski definition) is 4. The minimum atomic E-state index is 0.483. The molecule has 0 N–H and O–H groups in total. The Kier molecular flexibility index (Phi) is 5.98. The van der Waals surface area contributed by atoms with Crippen molar-refractivity contribution < 1.29 is 4.74 Å². The SMILES string of the molecule is c1ccc(C2CCN(CCCCOc3ncccn3)CC2)cc1. The van der Waals surface area contributed by atoms with Crippen molar-refractivity contribution >= 4 is 0 Å². The number of hydrogen-bond donors (Lipinski definition) is 0. The fourth-order valence-corrected chi connectivity index (χ4v) is 3.18. The number of ether oxygens (including phenoxy) is 1. The first kappa shape index (κ1) is 15.9. The minimum absolute atomic E-state index is 0.483. The van der Waals surface area contributed by atoms with Crippen LogP contribution in [0.4, 0.5) is 0 Å². The number of likely N-dealkylation sites (tertiary alicyclic amines) is 1. The van der Waals surface area contributed by atoms with Crippen LogP contribution >= 0.6 is 0 Å². The van der Waals surface area contributed by atoms with Crippen molar-refractivity contribution in [3.63, 3.8) is 0 Å². The lowest BCUT2D eigenvalue weighted by molar-refractivity contribution is 0.200. The fourth-order valence-electron chi connectivity index (χ4n) is 3.18. The Bertz CT molecular complexity index is 553. The van der Waals surface area contributed by atoms with Crippen molar-refractivity contribution in [3.8, 4) is 6.01 Å². The second-order valence-electron chi connectivity index (χ2n) is 6.11. The fraction of sp³-hybridized carbons (Fsp3) is 0.474. The maximum absolute atomic E-state index is 5.53. The van der Waals surface area contributed by atoms with E-state index in [2.05, 4.69) is 45.2 Å². The molecule has 1 fully saturated rings. The van der Waals surface area contributed by atoms with Gasteiger partial charge in [0.2, 0.25) is 0 Å². The van der Waals surface area contributed by atoms with E-state index in [0.29, 0.717) is 12.6 Å². The van der Waals surface area contributed by atoms with Gasteiger partial charge in [0.15, 0.2) is 0 Å². The Balaban J connectivity index is 1.29. The molecule has 0 aliphatic carbocycles. The molecule has 0 bridgehead atoms. The molecular formula is C19H25N3O. The number of rotatable bonds is 7. The van der Waals surface area contributed by atoms with Gasteiger partial charge < -0.3 is 9.64 Å². The first-order valence-electron chi connectivity index (χ1n) is 8.59. The molecule has 1 saturated heterocycles. The number of aromatic nitrogens is 2. The van der Waals surface area contributed by atoms with Gasteiger partial charge in [-0.3, -0.25) is 0 Å². The van der Waals surface area contributed by atoms with Crippen LogP contribution in [0.15, 0.2) is 48.8 Å². The molecule has 4 heteroatoms. The van der Waals surface area contributed by atoms with E-state index < -0.39 is 0 Å². The summed E-state index contributed by atoms with van der Waals surface area (Å²) in [6.07, 6.45) is 8.19. The molecule has 3 rings (SSSR count). The molecule has 4 nitrogen and oxygen atoms in total. The average Bonchev–Trinajstić information content (AvgIpc) is 2.64. The molecule has 1 aromatic heterocycles. The van der Waals surface area contributed by atoms with E-state index in [1.807, 2.05) is 0 Å². The summed E-state index contributed by atoms with van der Waals surface area (Å²) < 4.78 is 5.53. The highest BCUT2D eigenvalue weighted by molar-refractivity contribution is 5.19. The molecule has 0 amide bonds. The van der Waals surface area contributed by atoms with Crippen LogP contribution < -0.4 is 4.74 Å². The average molecular weight is 311 g/mol. The van der Waals surface area contributed by atoms with Gasteiger partial charge in [-0.1, -0.05) is 30.3 Å². The van der Waals surface area contributed by atoms with E-state index in [9.17, 15) is 0 Å². The quantitative estimate of drug-likeness (QED) is 0.733. The van der Waals surface area contributed by atoms with Crippen molar-refractivity contribution in [2.24, 2.45) is 0 Å². The van der Waals surface area contributed by atoms with Gasteiger partial charge in [-0.2, -0.15) is 0 Å². The van der Waals surface area contributed by atoms with Gasteiger partial charge in [0.1, 0.15) is 0 Å². The molecule has 0 saturated carbocycles. The second kappa shape index (κ2) is 8.63. The lowest BCUT2D eigenvalue weighted by Gasteiger charge is -2.32. The Hall–Kier alpha value is -1.94. The molecule has 0 unspecified atom stereocenters. The maximum atomic E-state index is 5.53. The molecule has 1 aliphatic rings. The van der Waals surface area contributed by atoms with Crippen LogP contribution in [-0.2, 0) is 0 Å². The summed E-state index contributed by atoms with van der Waals surface area (Å²) in [6.45, 7) is 4.29.